The number of aromatic nitrogens is 4. The number of hydrogen-bond donors (Lipinski definition) is 2. The highest BCUT2D eigenvalue weighted by atomic mass is 16.5. The second kappa shape index (κ2) is 11.2. The third kappa shape index (κ3) is 5.49. The Hall–Kier alpha value is -3.99. The lowest BCUT2D eigenvalue weighted by Gasteiger charge is -2.24. The minimum atomic E-state index is -0.792. The van der Waals surface area contributed by atoms with Gasteiger partial charge in [0.15, 0.2) is 5.69 Å². The highest BCUT2D eigenvalue weighted by Gasteiger charge is 2.26. The summed E-state index contributed by atoms with van der Waals surface area (Å²) in [5, 5.41) is 4.16. The smallest absolute Gasteiger partial charge is 0.330 e. The molecular weight excluding hydrogens is 440 g/mol. The molecule has 3 N–H and O–H groups in total. The molecule has 1 amide bonds. The second-order valence-electron chi connectivity index (χ2n) is 7.65. The van der Waals surface area contributed by atoms with E-state index in [1.54, 1.807) is 0 Å². The molecule has 3 aromatic rings. The van der Waals surface area contributed by atoms with Gasteiger partial charge >= 0.3 is 5.69 Å². The molecule has 3 rings (SSSR count). The van der Waals surface area contributed by atoms with Crippen LogP contribution in [0.25, 0.3) is 0 Å². The summed E-state index contributed by atoms with van der Waals surface area (Å²) in [6, 6.07) is 11.7. The molecule has 11 nitrogen and oxygen atoms in total. The van der Waals surface area contributed by atoms with Crippen molar-refractivity contribution in [3.05, 3.63) is 84.9 Å². The predicted octanol–water partition coefficient (Wildman–Crippen LogP) is 0.817. The lowest BCUT2D eigenvalue weighted by Crippen LogP contribution is -2.42. The first kappa shape index (κ1) is 24.6. The quantitative estimate of drug-likeness (QED) is 0.419. The molecule has 1 aromatic carbocycles. The Morgan fingerprint density at radius 1 is 1.15 bits per heavy atom. The molecule has 0 aliphatic carbocycles. The molecule has 11 heteroatoms. The van der Waals surface area contributed by atoms with Crippen molar-refractivity contribution in [3.63, 3.8) is 0 Å². The number of anilines is 2. The van der Waals surface area contributed by atoms with Crippen molar-refractivity contribution in [1.29, 1.82) is 0 Å². The van der Waals surface area contributed by atoms with Crippen LogP contribution in [0, 0.1) is 0 Å². The molecular formula is C23H28N6O5. The molecule has 0 saturated carbocycles. The number of nitrogens with one attached hydrogen (secondary N) is 1. The highest BCUT2D eigenvalue weighted by Crippen LogP contribution is 2.20. The van der Waals surface area contributed by atoms with Crippen LogP contribution in [-0.4, -0.2) is 45.5 Å². The zero-order valence-electron chi connectivity index (χ0n) is 19.2. The van der Waals surface area contributed by atoms with Gasteiger partial charge in [0.05, 0.1) is 6.54 Å². The van der Waals surface area contributed by atoms with Crippen LogP contribution in [0.3, 0.4) is 0 Å². The van der Waals surface area contributed by atoms with Gasteiger partial charge in [-0.05, 0) is 24.5 Å². The first-order valence-electron chi connectivity index (χ1n) is 10.9. The average molecular weight is 469 g/mol. The van der Waals surface area contributed by atoms with Gasteiger partial charge in [-0.3, -0.25) is 28.8 Å². The molecule has 180 valence electrons. The molecule has 2 heterocycles. The number of carbonyl (C=O) groups is 1. The van der Waals surface area contributed by atoms with Crippen LogP contribution in [0.2, 0.25) is 0 Å². The summed E-state index contributed by atoms with van der Waals surface area (Å²) in [6.07, 6.45) is 1.05. The standard InChI is InChI=1S/C23H28N6O5/c1-3-12-29-18(30)11-10-17(26-29)22(32)27(13-7-14-34-2)19-20(24)28(23(33)25-21(19)31)15-16-8-5-4-6-9-16/h4-6,8-11H,3,7,12-15,24H2,1-2H3,(H,25,31,33). The Kier molecular flexibility index (Phi) is 8.14. The van der Waals surface area contributed by atoms with Crippen molar-refractivity contribution < 1.29 is 9.53 Å². The normalized spacial score (nSPS) is 10.9. The fourth-order valence-corrected chi connectivity index (χ4v) is 3.52. The van der Waals surface area contributed by atoms with E-state index in [0.717, 1.165) is 5.56 Å². The van der Waals surface area contributed by atoms with Gasteiger partial charge in [-0.15, -0.1) is 0 Å². The van der Waals surface area contributed by atoms with Crippen LogP contribution in [0.15, 0.2) is 56.8 Å². The molecule has 0 aliphatic heterocycles. The maximum atomic E-state index is 13.5. The number of hydrogen-bond acceptors (Lipinski definition) is 7. The third-order valence-electron chi connectivity index (χ3n) is 5.16. The fraction of sp³-hybridized carbons (Fsp3) is 0.348. The summed E-state index contributed by atoms with van der Waals surface area (Å²) in [7, 11) is 1.52. The number of aryl methyl sites for hydroxylation is 1. The topological polar surface area (TPSA) is 145 Å². The third-order valence-corrected chi connectivity index (χ3v) is 5.16. The maximum Gasteiger partial charge on any atom is 0.330 e. The number of nitrogens with two attached hydrogens (primary N) is 1. The zero-order chi connectivity index (χ0) is 24.7. The Balaban J connectivity index is 2.10. The summed E-state index contributed by atoms with van der Waals surface area (Å²) in [4.78, 5) is 54.4. The van der Waals surface area contributed by atoms with Gasteiger partial charge in [0, 0.05) is 32.9 Å². The summed E-state index contributed by atoms with van der Waals surface area (Å²) in [5.41, 5.74) is 5.09. The summed E-state index contributed by atoms with van der Waals surface area (Å²) in [5.74, 6) is -0.770. The maximum absolute atomic E-state index is 13.5. The van der Waals surface area contributed by atoms with Crippen molar-refractivity contribution in [2.75, 3.05) is 30.9 Å². The molecule has 0 spiro atoms. The summed E-state index contributed by atoms with van der Waals surface area (Å²) < 4.78 is 7.49. The minimum Gasteiger partial charge on any atom is -0.385 e. The van der Waals surface area contributed by atoms with Crippen molar-refractivity contribution in [2.24, 2.45) is 0 Å². The molecule has 0 atom stereocenters. The monoisotopic (exact) mass is 468 g/mol. The van der Waals surface area contributed by atoms with Gasteiger partial charge in [-0.2, -0.15) is 5.10 Å². The van der Waals surface area contributed by atoms with Gasteiger partial charge in [0.2, 0.25) is 0 Å². The van der Waals surface area contributed by atoms with E-state index in [1.807, 2.05) is 37.3 Å². The van der Waals surface area contributed by atoms with E-state index < -0.39 is 17.2 Å². The minimum absolute atomic E-state index is 0.0231. The number of rotatable bonds is 10. The number of benzene rings is 1. The largest absolute Gasteiger partial charge is 0.385 e. The van der Waals surface area contributed by atoms with Crippen molar-refractivity contribution >= 4 is 17.4 Å². The number of carbonyl (C=O) groups excluding carboxylic acids is 1. The molecule has 2 aromatic heterocycles. The van der Waals surface area contributed by atoms with Gasteiger partial charge in [0.1, 0.15) is 11.5 Å². The summed E-state index contributed by atoms with van der Waals surface area (Å²) >= 11 is 0. The predicted molar refractivity (Wildman–Crippen MR) is 128 cm³/mol. The number of methoxy groups -OCH3 is 1. The fourth-order valence-electron chi connectivity index (χ4n) is 3.52. The van der Waals surface area contributed by atoms with E-state index in [0.29, 0.717) is 26.0 Å². The van der Waals surface area contributed by atoms with Crippen LogP contribution in [-0.2, 0) is 17.8 Å². The van der Waals surface area contributed by atoms with Crippen LogP contribution in [0.1, 0.15) is 35.8 Å². The number of nitrogen functional groups attached to an aromatic ring is 1. The molecule has 34 heavy (non-hydrogen) atoms. The zero-order valence-corrected chi connectivity index (χ0v) is 19.2. The molecule has 0 aliphatic rings. The molecule has 0 unspecified atom stereocenters. The van der Waals surface area contributed by atoms with E-state index in [-0.39, 0.29) is 35.8 Å². The number of H-pyrrole nitrogens is 1. The van der Waals surface area contributed by atoms with Gasteiger partial charge in [-0.1, -0.05) is 37.3 Å². The average Bonchev–Trinajstić information content (AvgIpc) is 2.82. The Morgan fingerprint density at radius 3 is 2.56 bits per heavy atom. The molecule has 0 fully saturated rings. The first-order valence-corrected chi connectivity index (χ1v) is 10.9. The van der Waals surface area contributed by atoms with Gasteiger partial charge < -0.3 is 10.5 Å². The van der Waals surface area contributed by atoms with Crippen LogP contribution < -0.4 is 27.4 Å². The SMILES string of the molecule is CCCn1nc(C(=O)N(CCCOC)c2c(N)n(Cc3ccccc3)c(=O)[nH]c2=O)ccc1=O. The van der Waals surface area contributed by atoms with Crippen molar-refractivity contribution in [1.82, 2.24) is 19.3 Å². The Bertz CT molecular complexity index is 1310. The van der Waals surface area contributed by atoms with E-state index >= 15 is 0 Å². The van der Waals surface area contributed by atoms with Crippen LogP contribution in [0.4, 0.5) is 11.5 Å². The molecule has 0 saturated heterocycles. The second-order valence-corrected chi connectivity index (χ2v) is 7.65. The van der Waals surface area contributed by atoms with Gasteiger partial charge in [0.25, 0.3) is 17.0 Å². The van der Waals surface area contributed by atoms with Crippen LogP contribution >= 0.6 is 0 Å². The van der Waals surface area contributed by atoms with Crippen molar-refractivity contribution in [2.45, 2.75) is 32.9 Å². The summed E-state index contributed by atoms with van der Waals surface area (Å²) in [6.45, 7) is 2.74. The van der Waals surface area contributed by atoms with Crippen molar-refractivity contribution in [3.8, 4) is 0 Å². The Morgan fingerprint density at radius 2 is 1.88 bits per heavy atom. The number of aromatic amines is 1. The van der Waals surface area contributed by atoms with Crippen LogP contribution in [0.5, 0.6) is 0 Å². The number of amides is 1. The number of nitrogens with zero attached hydrogens (tertiary/aromatic N) is 4. The van der Waals surface area contributed by atoms with E-state index in [1.165, 1.54) is 33.4 Å². The van der Waals surface area contributed by atoms with E-state index in [2.05, 4.69) is 10.1 Å². The lowest BCUT2D eigenvalue weighted by molar-refractivity contribution is 0.0976. The van der Waals surface area contributed by atoms with E-state index in [9.17, 15) is 19.2 Å². The first-order chi connectivity index (χ1) is 16.4. The Labute approximate surface area is 195 Å². The van der Waals surface area contributed by atoms with E-state index in [4.69, 9.17) is 10.5 Å². The molecule has 0 bridgehead atoms. The highest BCUT2D eigenvalue weighted by molar-refractivity contribution is 6.05. The van der Waals surface area contributed by atoms with Gasteiger partial charge in [-0.25, -0.2) is 9.48 Å². The molecule has 0 radical (unpaired) electrons. The number of ether oxygens (including phenoxy) is 1. The lowest BCUT2D eigenvalue weighted by atomic mass is 10.2.